The van der Waals surface area contributed by atoms with E-state index in [0.29, 0.717) is 0 Å². The van der Waals surface area contributed by atoms with E-state index in [4.69, 9.17) is 7.45 Å². The molecule has 0 aromatic carbocycles. The molecule has 1 aliphatic heterocycles. The average Bonchev–Trinajstić information content (AvgIpc) is 2.12. The van der Waals surface area contributed by atoms with Crippen LogP contribution >= 0.6 is 0 Å². The fourth-order valence-corrected chi connectivity index (χ4v) is 3.20. The van der Waals surface area contributed by atoms with Gasteiger partial charge in [0, 0.05) is 0 Å². The summed E-state index contributed by atoms with van der Waals surface area (Å²) in [5.74, 6) is 0. The van der Waals surface area contributed by atoms with Gasteiger partial charge in [-0.3, -0.25) is 0 Å². The Bertz CT molecular complexity index is 107. The monoisotopic (exact) mass is 207 g/mol. The van der Waals surface area contributed by atoms with Gasteiger partial charge in [-0.2, -0.15) is 0 Å². The Kier molecular flexibility index (Phi) is 2.75. The van der Waals surface area contributed by atoms with Crippen LogP contribution in [0.5, 0.6) is 0 Å². The number of rotatable bonds is 1. The van der Waals surface area contributed by atoms with E-state index in [2.05, 4.69) is 25.0 Å². The third-order valence-electron chi connectivity index (χ3n) is 0.927. The molecule has 60 valence electrons. The minimum absolute atomic E-state index is 0.129. The summed E-state index contributed by atoms with van der Waals surface area (Å²) in [6.07, 6.45) is 0. The van der Waals surface area contributed by atoms with Gasteiger partial charge in [0.1, 0.15) is 0 Å². The zero-order valence-electron chi connectivity index (χ0n) is 6.68. The number of nitrogens with one attached hydrogen (secondary N) is 1. The molecular weight excluding hydrogens is 193 g/mol. The molecule has 0 bridgehead atoms. The third kappa shape index (κ3) is 3.02. The first kappa shape index (κ1) is 8.53. The normalized spacial score (nSPS) is 21.9. The minimum atomic E-state index is -1.52. The van der Waals surface area contributed by atoms with Crippen LogP contribution in [0.15, 0.2) is 0 Å². The molecular formula is C6H14AsNO2. The fraction of sp³-hybridized carbons (Fsp3) is 1.00. The van der Waals surface area contributed by atoms with Crippen LogP contribution in [-0.2, 0) is 7.45 Å². The SMILES string of the molecule is CC(C)(C)N[As]1OCCO1. The zero-order valence-corrected chi connectivity index (χ0v) is 8.55. The van der Waals surface area contributed by atoms with Crippen molar-refractivity contribution >= 4 is 15.6 Å². The maximum atomic E-state index is 5.34. The Hall–Kier alpha value is 0.438. The molecule has 1 N–H and O–H groups in total. The molecule has 10 heavy (non-hydrogen) atoms. The van der Waals surface area contributed by atoms with Crippen molar-refractivity contribution in [3.05, 3.63) is 0 Å². The number of hydrogen-bond donors (Lipinski definition) is 1. The summed E-state index contributed by atoms with van der Waals surface area (Å²) >= 11 is -1.52. The van der Waals surface area contributed by atoms with Gasteiger partial charge in [0.25, 0.3) is 0 Å². The van der Waals surface area contributed by atoms with E-state index >= 15 is 0 Å². The molecule has 1 aliphatic rings. The molecule has 0 unspecified atom stereocenters. The van der Waals surface area contributed by atoms with Crippen LogP contribution in [0.25, 0.3) is 0 Å². The Morgan fingerprint density at radius 1 is 1.20 bits per heavy atom. The van der Waals surface area contributed by atoms with Crippen molar-refractivity contribution in [2.45, 2.75) is 26.3 Å². The maximum absolute atomic E-state index is 5.34. The Balaban J connectivity index is 2.24. The second-order valence-corrected chi connectivity index (χ2v) is 5.92. The summed E-state index contributed by atoms with van der Waals surface area (Å²) in [4.78, 5) is 0. The quantitative estimate of drug-likeness (QED) is 0.631. The first-order valence-corrected chi connectivity index (χ1v) is 5.89. The van der Waals surface area contributed by atoms with E-state index in [-0.39, 0.29) is 5.54 Å². The van der Waals surface area contributed by atoms with Gasteiger partial charge >= 0.3 is 66.8 Å². The van der Waals surface area contributed by atoms with Crippen LogP contribution in [0.4, 0.5) is 0 Å². The van der Waals surface area contributed by atoms with Gasteiger partial charge in [0.2, 0.25) is 0 Å². The van der Waals surface area contributed by atoms with E-state index in [9.17, 15) is 0 Å². The molecule has 0 aromatic heterocycles. The zero-order chi connectivity index (χ0) is 7.61. The topological polar surface area (TPSA) is 30.5 Å². The van der Waals surface area contributed by atoms with Crippen molar-refractivity contribution in [3.63, 3.8) is 0 Å². The predicted octanol–water partition coefficient (Wildman–Crippen LogP) is 0.406. The summed E-state index contributed by atoms with van der Waals surface area (Å²) in [5.41, 5.74) is 0.129. The Morgan fingerprint density at radius 3 is 2.10 bits per heavy atom. The molecule has 1 heterocycles. The van der Waals surface area contributed by atoms with Gasteiger partial charge < -0.3 is 0 Å². The van der Waals surface area contributed by atoms with Crippen LogP contribution in [0.1, 0.15) is 20.8 Å². The first-order chi connectivity index (χ1) is 4.58. The van der Waals surface area contributed by atoms with Crippen molar-refractivity contribution in [3.8, 4) is 0 Å². The molecule has 0 radical (unpaired) electrons. The summed E-state index contributed by atoms with van der Waals surface area (Å²) < 4.78 is 14.0. The fourth-order valence-electron chi connectivity index (χ4n) is 0.616. The molecule has 0 aromatic rings. The molecule has 0 spiro atoms. The second-order valence-electron chi connectivity index (χ2n) is 3.29. The van der Waals surface area contributed by atoms with E-state index in [1.807, 2.05) is 0 Å². The predicted molar refractivity (Wildman–Crippen MR) is 40.5 cm³/mol. The van der Waals surface area contributed by atoms with Gasteiger partial charge in [0.05, 0.1) is 0 Å². The number of hydrogen-bond acceptors (Lipinski definition) is 3. The molecule has 3 nitrogen and oxygen atoms in total. The molecule has 0 amide bonds. The van der Waals surface area contributed by atoms with Gasteiger partial charge in [-0.1, -0.05) is 0 Å². The molecule has 0 atom stereocenters. The van der Waals surface area contributed by atoms with E-state index in [1.54, 1.807) is 0 Å². The van der Waals surface area contributed by atoms with Gasteiger partial charge in [-0.05, 0) is 0 Å². The summed E-state index contributed by atoms with van der Waals surface area (Å²) in [6.45, 7) is 7.89. The summed E-state index contributed by atoms with van der Waals surface area (Å²) in [5, 5.41) is 0. The average molecular weight is 207 g/mol. The van der Waals surface area contributed by atoms with Crippen molar-refractivity contribution in [2.24, 2.45) is 0 Å². The van der Waals surface area contributed by atoms with E-state index < -0.39 is 15.6 Å². The Morgan fingerprint density at radius 2 is 1.70 bits per heavy atom. The molecule has 0 aliphatic carbocycles. The van der Waals surface area contributed by atoms with Gasteiger partial charge in [0.15, 0.2) is 0 Å². The molecule has 0 saturated carbocycles. The molecule has 1 fully saturated rings. The van der Waals surface area contributed by atoms with Crippen LogP contribution in [0, 0.1) is 0 Å². The first-order valence-electron chi connectivity index (χ1n) is 3.42. The second kappa shape index (κ2) is 3.22. The van der Waals surface area contributed by atoms with E-state index in [1.165, 1.54) is 0 Å². The molecule has 1 saturated heterocycles. The Labute approximate surface area is 67.3 Å². The summed E-state index contributed by atoms with van der Waals surface area (Å²) in [6, 6.07) is 0. The molecule has 4 heteroatoms. The van der Waals surface area contributed by atoms with Crippen molar-refractivity contribution in [1.29, 1.82) is 0 Å². The standard InChI is InChI=1S/C6H14AsNO2/c1-6(2,3)8-7-9-4-5-10-7/h8H,4-5H2,1-3H3. The molecule has 1 rings (SSSR count). The van der Waals surface area contributed by atoms with E-state index in [0.717, 1.165) is 13.2 Å². The van der Waals surface area contributed by atoms with Crippen LogP contribution in [-0.4, -0.2) is 34.3 Å². The van der Waals surface area contributed by atoms with Crippen molar-refractivity contribution < 1.29 is 7.45 Å². The third-order valence-corrected chi connectivity index (χ3v) is 4.47. The van der Waals surface area contributed by atoms with Crippen molar-refractivity contribution in [1.82, 2.24) is 4.23 Å². The van der Waals surface area contributed by atoms with Gasteiger partial charge in [-0.15, -0.1) is 0 Å². The van der Waals surface area contributed by atoms with Crippen LogP contribution < -0.4 is 4.23 Å². The van der Waals surface area contributed by atoms with Crippen LogP contribution in [0.2, 0.25) is 0 Å². The van der Waals surface area contributed by atoms with Crippen LogP contribution in [0.3, 0.4) is 0 Å². The van der Waals surface area contributed by atoms with Gasteiger partial charge in [-0.25, -0.2) is 0 Å². The van der Waals surface area contributed by atoms with Crippen molar-refractivity contribution in [2.75, 3.05) is 13.2 Å². The summed E-state index contributed by atoms with van der Waals surface area (Å²) in [7, 11) is 0.